The lowest BCUT2D eigenvalue weighted by Gasteiger charge is -2.22. The van der Waals surface area contributed by atoms with Crippen molar-refractivity contribution in [3.05, 3.63) is 35.0 Å². The van der Waals surface area contributed by atoms with Gasteiger partial charge in [-0.05, 0) is 36.5 Å². The number of rotatable bonds is 5. The lowest BCUT2D eigenvalue weighted by molar-refractivity contribution is 0.0696. The maximum atomic E-state index is 12.0. The van der Waals surface area contributed by atoms with E-state index in [4.69, 9.17) is 0 Å². The Labute approximate surface area is 137 Å². The highest BCUT2D eigenvalue weighted by Gasteiger charge is 2.24. The van der Waals surface area contributed by atoms with Gasteiger partial charge >= 0.3 is 5.97 Å². The van der Waals surface area contributed by atoms with Crippen LogP contribution in [-0.4, -0.2) is 21.4 Å². The van der Waals surface area contributed by atoms with Crippen LogP contribution in [0.25, 0.3) is 10.9 Å². The third-order valence-electron chi connectivity index (χ3n) is 4.16. The van der Waals surface area contributed by atoms with Crippen molar-refractivity contribution in [2.75, 3.05) is 0 Å². The number of unbranched alkanes of at least 4 members (excludes halogenated alkanes) is 1. The fourth-order valence-electron chi connectivity index (χ4n) is 2.92. The molecular formula is C19H25NO3. The SMILES string of the molecule is CCCCn1cc(C(C)=O)c2cc(C(=O)O)cc(C(C)(C)C)c21. The Morgan fingerprint density at radius 2 is 1.87 bits per heavy atom. The fourth-order valence-corrected chi connectivity index (χ4v) is 2.92. The monoisotopic (exact) mass is 315 g/mol. The van der Waals surface area contributed by atoms with Crippen molar-refractivity contribution in [2.45, 2.75) is 59.4 Å². The number of aryl methyl sites for hydroxylation is 1. The number of carbonyl (C=O) groups is 2. The van der Waals surface area contributed by atoms with Crippen molar-refractivity contribution in [1.82, 2.24) is 4.57 Å². The van der Waals surface area contributed by atoms with E-state index in [1.165, 1.54) is 6.92 Å². The summed E-state index contributed by atoms with van der Waals surface area (Å²) >= 11 is 0. The number of ketones is 1. The minimum absolute atomic E-state index is 0.0346. The number of nitrogens with zero attached hydrogens (tertiary/aromatic N) is 1. The van der Waals surface area contributed by atoms with E-state index >= 15 is 0 Å². The Hall–Kier alpha value is -2.10. The summed E-state index contributed by atoms with van der Waals surface area (Å²) in [6.07, 6.45) is 3.96. The van der Waals surface area contributed by atoms with Crippen molar-refractivity contribution in [1.29, 1.82) is 0 Å². The molecule has 23 heavy (non-hydrogen) atoms. The van der Waals surface area contributed by atoms with E-state index in [0.717, 1.165) is 35.9 Å². The lowest BCUT2D eigenvalue weighted by atomic mass is 9.84. The van der Waals surface area contributed by atoms with Gasteiger partial charge in [0, 0.05) is 23.7 Å². The third kappa shape index (κ3) is 3.31. The smallest absolute Gasteiger partial charge is 0.335 e. The predicted octanol–water partition coefficient (Wildman–Crippen LogP) is 4.64. The molecule has 124 valence electrons. The van der Waals surface area contributed by atoms with E-state index in [9.17, 15) is 14.7 Å². The van der Waals surface area contributed by atoms with Gasteiger partial charge in [0.15, 0.2) is 5.78 Å². The average molecular weight is 315 g/mol. The summed E-state index contributed by atoms with van der Waals surface area (Å²) < 4.78 is 2.11. The highest BCUT2D eigenvalue weighted by molar-refractivity contribution is 6.09. The van der Waals surface area contributed by atoms with Crippen LogP contribution in [-0.2, 0) is 12.0 Å². The molecule has 1 aromatic heterocycles. The molecule has 1 N–H and O–H groups in total. The van der Waals surface area contributed by atoms with E-state index < -0.39 is 5.97 Å². The van der Waals surface area contributed by atoms with E-state index in [1.807, 2.05) is 6.20 Å². The Bertz CT molecular complexity index is 763. The molecule has 2 aromatic rings. The second-order valence-electron chi connectivity index (χ2n) is 7.12. The molecule has 4 heteroatoms. The van der Waals surface area contributed by atoms with Crippen LogP contribution >= 0.6 is 0 Å². The summed E-state index contributed by atoms with van der Waals surface area (Å²) in [5, 5.41) is 10.2. The number of carbonyl (C=O) groups excluding carboxylic acids is 1. The van der Waals surface area contributed by atoms with Crippen molar-refractivity contribution in [3.63, 3.8) is 0 Å². The summed E-state index contributed by atoms with van der Waals surface area (Å²) in [6.45, 7) is 10.7. The topological polar surface area (TPSA) is 59.3 Å². The standard InChI is InChI=1S/C19H25NO3/c1-6-7-8-20-11-15(12(2)21)14-9-13(18(22)23)10-16(17(14)20)19(3,4)5/h9-11H,6-8H2,1-5H3,(H,22,23). The minimum Gasteiger partial charge on any atom is -0.478 e. The molecule has 0 atom stereocenters. The number of carboxylic acid groups (broad SMARTS) is 1. The van der Waals surface area contributed by atoms with Crippen molar-refractivity contribution < 1.29 is 14.7 Å². The molecule has 0 fully saturated rings. The third-order valence-corrected chi connectivity index (χ3v) is 4.16. The maximum Gasteiger partial charge on any atom is 0.335 e. The zero-order chi connectivity index (χ0) is 17.4. The Morgan fingerprint density at radius 1 is 1.22 bits per heavy atom. The number of hydrogen-bond acceptors (Lipinski definition) is 2. The molecule has 0 saturated heterocycles. The Morgan fingerprint density at radius 3 is 2.35 bits per heavy atom. The molecule has 0 bridgehead atoms. The second kappa shape index (κ2) is 6.19. The maximum absolute atomic E-state index is 12.0. The van der Waals surface area contributed by atoms with E-state index in [0.29, 0.717) is 5.56 Å². The minimum atomic E-state index is -0.965. The Kier molecular flexibility index (Phi) is 4.64. The highest BCUT2D eigenvalue weighted by Crippen LogP contribution is 2.34. The van der Waals surface area contributed by atoms with E-state index in [-0.39, 0.29) is 16.8 Å². The molecule has 0 unspecified atom stereocenters. The number of fused-ring (bicyclic) bond motifs is 1. The first kappa shape index (κ1) is 17.3. The normalized spacial score (nSPS) is 11.9. The number of carboxylic acids is 1. The van der Waals surface area contributed by atoms with Crippen LogP contribution in [0.2, 0.25) is 0 Å². The molecule has 1 aromatic carbocycles. The molecule has 4 nitrogen and oxygen atoms in total. The van der Waals surface area contributed by atoms with Gasteiger partial charge in [-0.15, -0.1) is 0 Å². The first-order valence-corrected chi connectivity index (χ1v) is 8.08. The summed E-state index contributed by atoms with van der Waals surface area (Å²) in [5.41, 5.74) is 2.58. The first-order chi connectivity index (χ1) is 10.7. The number of hydrogen-bond donors (Lipinski definition) is 1. The molecule has 0 aliphatic rings. The van der Waals surface area contributed by atoms with E-state index in [1.54, 1.807) is 12.1 Å². The van der Waals surface area contributed by atoms with Gasteiger partial charge in [0.1, 0.15) is 0 Å². The van der Waals surface area contributed by atoms with Crippen LogP contribution in [0.4, 0.5) is 0 Å². The van der Waals surface area contributed by atoms with Crippen LogP contribution in [0, 0.1) is 0 Å². The van der Waals surface area contributed by atoms with Gasteiger partial charge in [0.05, 0.1) is 11.1 Å². The van der Waals surface area contributed by atoms with Gasteiger partial charge < -0.3 is 9.67 Å². The zero-order valence-electron chi connectivity index (χ0n) is 14.6. The second-order valence-corrected chi connectivity index (χ2v) is 7.12. The molecule has 2 rings (SSSR count). The zero-order valence-corrected chi connectivity index (χ0v) is 14.6. The summed E-state index contributed by atoms with van der Waals surface area (Å²) in [7, 11) is 0. The summed E-state index contributed by atoms with van der Waals surface area (Å²) in [5.74, 6) is -0.999. The predicted molar refractivity (Wildman–Crippen MR) is 92.5 cm³/mol. The highest BCUT2D eigenvalue weighted by atomic mass is 16.4. The van der Waals surface area contributed by atoms with Gasteiger partial charge in [-0.25, -0.2) is 4.79 Å². The van der Waals surface area contributed by atoms with Crippen molar-refractivity contribution >= 4 is 22.7 Å². The first-order valence-electron chi connectivity index (χ1n) is 8.08. The number of aromatic nitrogens is 1. The largest absolute Gasteiger partial charge is 0.478 e. The van der Waals surface area contributed by atoms with Gasteiger partial charge in [0.25, 0.3) is 0 Å². The summed E-state index contributed by atoms with van der Waals surface area (Å²) in [6, 6.07) is 3.38. The molecular weight excluding hydrogens is 290 g/mol. The fraction of sp³-hybridized carbons (Fsp3) is 0.474. The van der Waals surface area contributed by atoms with Crippen LogP contribution < -0.4 is 0 Å². The van der Waals surface area contributed by atoms with Gasteiger partial charge in [0.2, 0.25) is 0 Å². The van der Waals surface area contributed by atoms with Crippen LogP contribution in [0.5, 0.6) is 0 Å². The van der Waals surface area contributed by atoms with Crippen LogP contribution in [0.1, 0.15) is 73.7 Å². The number of benzene rings is 1. The van der Waals surface area contributed by atoms with Gasteiger partial charge in [-0.2, -0.15) is 0 Å². The quantitative estimate of drug-likeness (QED) is 0.818. The van der Waals surface area contributed by atoms with Crippen LogP contribution in [0.3, 0.4) is 0 Å². The lowest BCUT2D eigenvalue weighted by Crippen LogP contribution is -2.15. The molecule has 0 amide bonds. The van der Waals surface area contributed by atoms with Crippen molar-refractivity contribution in [2.24, 2.45) is 0 Å². The molecule has 1 heterocycles. The van der Waals surface area contributed by atoms with E-state index in [2.05, 4.69) is 32.3 Å². The molecule has 0 aliphatic heterocycles. The van der Waals surface area contributed by atoms with Crippen LogP contribution in [0.15, 0.2) is 18.3 Å². The van der Waals surface area contributed by atoms with Crippen molar-refractivity contribution in [3.8, 4) is 0 Å². The molecule has 0 spiro atoms. The number of Topliss-reactive ketones (excluding diaryl/α,β-unsaturated/α-hetero) is 1. The molecule has 0 aliphatic carbocycles. The Balaban J connectivity index is 2.88. The van der Waals surface area contributed by atoms with Gasteiger partial charge in [-0.1, -0.05) is 34.1 Å². The summed E-state index contributed by atoms with van der Waals surface area (Å²) in [4.78, 5) is 23.5. The molecule has 0 radical (unpaired) electrons. The molecule has 0 saturated carbocycles. The number of aromatic carboxylic acids is 1. The average Bonchev–Trinajstić information content (AvgIpc) is 2.81. The van der Waals surface area contributed by atoms with Gasteiger partial charge in [-0.3, -0.25) is 4.79 Å².